The molecule has 0 unspecified atom stereocenters. The molecule has 2 aromatic rings. The molecule has 3 nitrogen and oxygen atoms in total. The summed E-state index contributed by atoms with van der Waals surface area (Å²) in [5, 5.41) is 2.83. The highest BCUT2D eigenvalue weighted by Crippen LogP contribution is 2.19. The van der Waals surface area contributed by atoms with Crippen LogP contribution in [0, 0.1) is 11.6 Å². The summed E-state index contributed by atoms with van der Waals surface area (Å²) >= 11 is 5.89. The van der Waals surface area contributed by atoms with Gasteiger partial charge >= 0.3 is 0 Å². The van der Waals surface area contributed by atoms with E-state index in [9.17, 15) is 13.6 Å². The van der Waals surface area contributed by atoms with E-state index >= 15 is 0 Å². The first-order valence-corrected chi connectivity index (χ1v) is 6.12. The van der Waals surface area contributed by atoms with Gasteiger partial charge in [-0.2, -0.15) is 0 Å². The molecule has 6 heteroatoms. The van der Waals surface area contributed by atoms with Gasteiger partial charge in [-0.25, -0.2) is 8.78 Å². The van der Waals surface area contributed by atoms with Crippen molar-refractivity contribution >= 4 is 23.2 Å². The predicted octanol–water partition coefficient (Wildman–Crippen LogP) is 3.13. The maximum absolute atomic E-state index is 13.0. The third kappa shape index (κ3) is 3.24. The molecule has 0 atom stereocenters. The highest BCUT2D eigenvalue weighted by atomic mass is 35.5. The number of hydrogen-bond donors (Lipinski definition) is 2. The smallest absolute Gasteiger partial charge is 0.253 e. The number of nitrogens with two attached hydrogens (primary N) is 1. The maximum Gasteiger partial charge on any atom is 0.253 e. The molecule has 0 saturated heterocycles. The standard InChI is InChI=1S/C14H11ClF2N2O/c15-11-3-2-9(18)6-10(11)14(20)19-7-8-1-4-12(16)13(17)5-8/h1-6H,7,18H2,(H,19,20). The Morgan fingerprint density at radius 2 is 1.90 bits per heavy atom. The van der Waals surface area contributed by atoms with Crippen molar-refractivity contribution in [3.05, 3.63) is 64.2 Å². The number of rotatable bonds is 3. The largest absolute Gasteiger partial charge is 0.399 e. The van der Waals surface area contributed by atoms with E-state index in [1.165, 1.54) is 18.2 Å². The van der Waals surface area contributed by atoms with Gasteiger partial charge in [0.25, 0.3) is 5.91 Å². The zero-order valence-corrected chi connectivity index (χ0v) is 11.0. The molecule has 0 heterocycles. The first-order valence-electron chi connectivity index (χ1n) is 5.74. The number of nitrogens with one attached hydrogen (secondary N) is 1. The SMILES string of the molecule is Nc1ccc(Cl)c(C(=O)NCc2ccc(F)c(F)c2)c1. The van der Waals surface area contributed by atoms with E-state index in [1.54, 1.807) is 6.07 Å². The summed E-state index contributed by atoms with van der Waals surface area (Å²) in [7, 11) is 0. The van der Waals surface area contributed by atoms with Crippen LogP contribution in [0.5, 0.6) is 0 Å². The van der Waals surface area contributed by atoms with Crippen molar-refractivity contribution in [3.63, 3.8) is 0 Å². The minimum absolute atomic E-state index is 0.0567. The summed E-state index contributed by atoms with van der Waals surface area (Å²) in [5.74, 6) is -2.33. The Balaban J connectivity index is 2.08. The van der Waals surface area contributed by atoms with E-state index in [4.69, 9.17) is 17.3 Å². The molecule has 0 saturated carbocycles. The lowest BCUT2D eigenvalue weighted by molar-refractivity contribution is 0.0951. The molecule has 0 fully saturated rings. The highest BCUT2D eigenvalue weighted by Gasteiger charge is 2.11. The number of carbonyl (C=O) groups is 1. The number of benzene rings is 2. The summed E-state index contributed by atoms with van der Waals surface area (Å²) < 4.78 is 25.8. The molecule has 104 valence electrons. The van der Waals surface area contributed by atoms with Crippen molar-refractivity contribution in [2.75, 3.05) is 5.73 Å². The molecule has 2 aromatic carbocycles. The number of halogens is 3. The summed E-state index contributed by atoms with van der Waals surface area (Å²) in [6, 6.07) is 7.96. The molecule has 0 aromatic heterocycles. The lowest BCUT2D eigenvalue weighted by atomic mass is 10.1. The fraction of sp³-hybridized carbons (Fsp3) is 0.0714. The van der Waals surface area contributed by atoms with Gasteiger partial charge in [0.15, 0.2) is 11.6 Å². The van der Waals surface area contributed by atoms with E-state index in [1.807, 2.05) is 0 Å². The lowest BCUT2D eigenvalue weighted by Gasteiger charge is -2.08. The molecule has 0 aliphatic carbocycles. The number of nitrogen functional groups attached to an aromatic ring is 1. The van der Waals surface area contributed by atoms with Crippen LogP contribution in [-0.4, -0.2) is 5.91 Å². The maximum atomic E-state index is 13.0. The normalized spacial score (nSPS) is 10.3. The van der Waals surface area contributed by atoms with Crippen molar-refractivity contribution in [2.24, 2.45) is 0 Å². The average Bonchev–Trinajstić information content (AvgIpc) is 2.42. The average molecular weight is 297 g/mol. The van der Waals surface area contributed by atoms with E-state index < -0.39 is 17.5 Å². The molecule has 3 N–H and O–H groups in total. The Morgan fingerprint density at radius 3 is 2.60 bits per heavy atom. The quantitative estimate of drug-likeness (QED) is 0.855. The van der Waals surface area contributed by atoms with Gasteiger partial charge in [0.05, 0.1) is 10.6 Å². The number of hydrogen-bond acceptors (Lipinski definition) is 2. The first kappa shape index (κ1) is 14.3. The van der Waals surface area contributed by atoms with Crippen LogP contribution in [0.3, 0.4) is 0 Å². The van der Waals surface area contributed by atoms with E-state index in [0.29, 0.717) is 11.3 Å². The van der Waals surface area contributed by atoms with E-state index in [2.05, 4.69) is 5.32 Å². The zero-order valence-electron chi connectivity index (χ0n) is 10.3. The van der Waals surface area contributed by atoms with Gasteiger partial charge in [-0.3, -0.25) is 4.79 Å². The summed E-state index contributed by atoms with van der Waals surface area (Å²) in [6.45, 7) is 0.0567. The third-order valence-corrected chi connectivity index (χ3v) is 3.00. The fourth-order valence-electron chi connectivity index (χ4n) is 1.64. The van der Waals surface area contributed by atoms with Crippen LogP contribution in [-0.2, 0) is 6.54 Å². The van der Waals surface area contributed by atoms with Crippen molar-refractivity contribution in [1.82, 2.24) is 5.32 Å². The number of anilines is 1. The molecule has 0 spiro atoms. The molecular weight excluding hydrogens is 286 g/mol. The minimum atomic E-state index is -0.960. The van der Waals surface area contributed by atoms with Crippen molar-refractivity contribution in [1.29, 1.82) is 0 Å². The van der Waals surface area contributed by atoms with Gasteiger partial charge < -0.3 is 11.1 Å². The van der Waals surface area contributed by atoms with E-state index in [-0.39, 0.29) is 17.1 Å². The van der Waals surface area contributed by atoms with E-state index in [0.717, 1.165) is 12.1 Å². The van der Waals surface area contributed by atoms with Crippen LogP contribution in [0.2, 0.25) is 5.02 Å². The van der Waals surface area contributed by atoms with Crippen LogP contribution in [0.25, 0.3) is 0 Å². The molecule has 20 heavy (non-hydrogen) atoms. The summed E-state index contributed by atoms with van der Waals surface area (Å²) in [4.78, 5) is 11.9. The molecule has 0 aliphatic rings. The van der Waals surface area contributed by atoms with Crippen molar-refractivity contribution in [2.45, 2.75) is 6.54 Å². The topological polar surface area (TPSA) is 55.1 Å². The number of carbonyl (C=O) groups excluding carboxylic acids is 1. The molecule has 2 rings (SSSR count). The van der Waals surface area contributed by atoms with Gasteiger partial charge in [0.1, 0.15) is 0 Å². The van der Waals surface area contributed by atoms with Crippen LogP contribution < -0.4 is 11.1 Å². The van der Waals surface area contributed by atoms with Gasteiger partial charge in [-0.1, -0.05) is 17.7 Å². The van der Waals surface area contributed by atoms with Crippen molar-refractivity contribution < 1.29 is 13.6 Å². The fourth-order valence-corrected chi connectivity index (χ4v) is 1.85. The first-order chi connectivity index (χ1) is 9.47. The van der Waals surface area contributed by atoms with Crippen LogP contribution in [0.15, 0.2) is 36.4 Å². The molecule has 1 amide bonds. The number of amides is 1. The molecule has 0 bridgehead atoms. The third-order valence-electron chi connectivity index (χ3n) is 2.67. The molecule has 0 aliphatic heterocycles. The Kier molecular flexibility index (Phi) is 4.20. The van der Waals surface area contributed by atoms with Crippen LogP contribution in [0.4, 0.5) is 14.5 Å². The summed E-state index contributed by atoms with van der Waals surface area (Å²) in [6.07, 6.45) is 0. The lowest BCUT2D eigenvalue weighted by Crippen LogP contribution is -2.23. The Labute approximate surface area is 119 Å². The minimum Gasteiger partial charge on any atom is -0.399 e. The Hall–Kier alpha value is -2.14. The van der Waals surface area contributed by atoms with Gasteiger partial charge in [-0.05, 0) is 35.9 Å². The molecule has 0 radical (unpaired) electrons. The zero-order chi connectivity index (χ0) is 14.7. The van der Waals surface area contributed by atoms with Crippen LogP contribution >= 0.6 is 11.6 Å². The van der Waals surface area contributed by atoms with Gasteiger partial charge in [0.2, 0.25) is 0 Å². The van der Waals surface area contributed by atoms with Crippen LogP contribution in [0.1, 0.15) is 15.9 Å². The predicted molar refractivity (Wildman–Crippen MR) is 73.4 cm³/mol. The Morgan fingerprint density at radius 1 is 1.15 bits per heavy atom. The summed E-state index contributed by atoms with van der Waals surface area (Å²) in [5.41, 5.74) is 6.66. The second-order valence-electron chi connectivity index (χ2n) is 4.17. The van der Waals surface area contributed by atoms with Gasteiger partial charge in [-0.15, -0.1) is 0 Å². The van der Waals surface area contributed by atoms with Crippen molar-refractivity contribution in [3.8, 4) is 0 Å². The monoisotopic (exact) mass is 296 g/mol. The second kappa shape index (κ2) is 5.88. The molecular formula is C14H11ClF2N2O. The highest BCUT2D eigenvalue weighted by molar-refractivity contribution is 6.34. The van der Waals surface area contributed by atoms with Gasteiger partial charge in [0, 0.05) is 12.2 Å². The Bertz CT molecular complexity index is 662. The second-order valence-corrected chi connectivity index (χ2v) is 4.58.